The monoisotopic (exact) mass is 375 g/mol. The Morgan fingerprint density at radius 1 is 0.929 bits per heavy atom. The van der Waals surface area contributed by atoms with Gasteiger partial charge in [0, 0.05) is 6.04 Å². The third-order valence-corrected chi connectivity index (χ3v) is 4.70. The van der Waals surface area contributed by atoms with Gasteiger partial charge in [-0.25, -0.2) is 0 Å². The van der Waals surface area contributed by atoms with Crippen molar-refractivity contribution in [3.8, 4) is 0 Å². The molecular weight excluding hydrogens is 350 g/mol. The highest BCUT2D eigenvalue weighted by Gasteiger charge is 2.12. The van der Waals surface area contributed by atoms with E-state index in [0.717, 1.165) is 29.2 Å². The van der Waals surface area contributed by atoms with E-state index < -0.39 is 5.97 Å². The normalized spacial score (nSPS) is 11.8. The summed E-state index contributed by atoms with van der Waals surface area (Å²) in [6, 6.07) is 23.9. The van der Waals surface area contributed by atoms with Gasteiger partial charge in [-0.3, -0.25) is 9.59 Å². The minimum Gasteiger partial charge on any atom is -0.455 e. The molecule has 0 heterocycles. The van der Waals surface area contributed by atoms with Crippen LogP contribution in [-0.2, 0) is 27.2 Å². The van der Waals surface area contributed by atoms with Crippen LogP contribution in [0.3, 0.4) is 0 Å². The number of benzene rings is 3. The Hall–Kier alpha value is -3.14. The van der Waals surface area contributed by atoms with Gasteiger partial charge < -0.3 is 10.1 Å². The van der Waals surface area contributed by atoms with Crippen LogP contribution in [0.1, 0.15) is 24.5 Å². The van der Waals surface area contributed by atoms with E-state index in [1.807, 2.05) is 67.6 Å². The lowest BCUT2D eigenvalue weighted by Gasteiger charge is -2.14. The van der Waals surface area contributed by atoms with Crippen molar-refractivity contribution in [1.29, 1.82) is 0 Å². The van der Waals surface area contributed by atoms with E-state index in [1.54, 1.807) is 0 Å². The largest absolute Gasteiger partial charge is 0.455 e. The first kappa shape index (κ1) is 19.6. The van der Waals surface area contributed by atoms with Gasteiger partial charge >= 0.3 is 5.97 Å². The Morgan fingerprint density at radius 3 is 2.46 bits per heavy atom. The molecule has 0 spiro atoms. The van der Waals surface area contributed by atoms with Crippen molar-refractivity contribution < 1.29 is 14.3 Å². The van der Waals surface area contributed by atoms with Gasteiger partial charge in [0.1, 0.15) is 0 Å². The number of ether oxygens (including phenoxy) is 1. The standard InChI is InChI=1S/C24H25NO3/c1-18(14-15-19-8-3-2-4-9-19)25-23(26)17-28-24(27)16-21-12-7-11-20-10-5-6-13-22(20)21/h2-13,18H,14-17H2,1H3,(H,25,26)/t18-/m0/s1. The zero-order chi connectivity index (χ0) is 19.8. The Bertz CT molecular complexity index is 931. The van der Waals surface area contributed by atoms with Gasteiger partial charge in [0.2, 0.25) is 0 Å². The predicted octanol–water partition coefficient (Wildman–Crippen LogP) is 4.06. The summed E-state index contributed by atoms with van der Waals surface area (Å²) < 4.78 is 5.17. The molecule has 1 N–H and O–H groups in total. The third kappa shape index (κ3) is 5.68. The maximum absolute atomic E-state index is 12.2. The van der Waals surface area contributed by atoms with Crippen molar-refractivity contribution in [2.45, 2.75) is 32.2 Å². The number of aryl methyl sites for hydroxylation is 1. The van der Waals surface area contributed by atoms with E-state index in [4.69, 9.17) is 4.74 Å². The van der Waals surface area contributed by atoms with Crippen LogP contribution >= 0.6 is 0 Å². The molecule has 0 aliphatic carbocycles. The second kappa shape index (κ2) is 9.70. The van der Waals surface area contributed by atoms with Crippen molar-refractivity contribution in [2.75, 3.05) is 6.61 Å². The van der Waals surface area contributed by atoms with Crippen LogP contribution in [0.2, 0.25) is 0 Å². The number of hydrogen-bond acceptors (Lipinski definition) is 3. The summed E-state index contributed by atoms with van der Waals surface area (Å²) in [5.41, 5.74) is 2.14. The topological polar surface area (TPSA) is 55.4 Å². The average molecular weight is 375 g/mol. The van der Waals surface area contributed by atoms with E-state index in [1.165, 1.54) is 5.56 Å². The van der Waals surface area contributed by atoms with Crippen molar-refractivity contribution in [2.24, 2.45) is 0 Å². The van der Waals surface area contributed by atoms with Crippen LogP contribution in [0.25, 0.3) is 10.8 Å². The summed E-state index contributed by atoms with van der Waals surface area (Å²) in [5, 5.41) is 4.99. The lowest BCUT2D eigenvalue weighted by atomic mass is 10.0. The number of carbonyl (C=O) groups excluding carboxylic acids is 2. The van der Waals surface area contributed by atoms with E-state index in [9.17, 15) is 9.59 Å². The molecule has 28 heavy (non-hydrogen) atoms. The van der Waals surface area contributed by atoms with Crippen LogP contribution in [0.15, 0.2) is 72.8 Å². The highest BCUT2D eigenvalue weighted by Crippen LogP contribution is 2.19. The summed E-state index contributed by atoms with van der Waals surface area (Å²) in [5.74, 6) is -0.671. The quantitative estimate of drug-likeness (QED) is 0.604. The van der Waals surface area contributed by atoms with Crippen LogP contribution in [0.5, 0.6) is 0 Å². The molecule has 4 nitrogen and oxygen atoms in total. The van der Waals surface area contributed by atoms with E-state index >= 15 is 0 Å². The Labute approximate surface area is 165 Å². The molecule has 1 amide bonds. The van der Waals surface area contributed by atoms with Crippen molar-refractivity contribution in [3.05, 3.63) is 83.9 Å². The lowest BCUT2D eigenvalue weighted by molar-refractivity contribution is -0.148. The predicted molar refractivity (Wildman–Crippen MR) is 111 cm³/mol. The van der Waals surface area contributed by atoms with Crippen LogP contribution < -0.4 is 5.32 Å². The van der Waals surface area contributed by atoms with E-state index in [2.05, 4.69) is 17.4 Å². The number of esters is 1. The van der Waals surface area contributed by atoms with E-state index in [-0.39, 0.29) is 25.0 Å². The maximum Gasteiger partial charge on any atom is 0.310 e. The van der Waals surface area contributed by atoms with Gasteiger partial charge in [0.15, 0.2) is 6.61 Å². The fourth-order valence-corrected chi connectivity index (χ4v) is 3.22. The van der Waals surface area contributed by atoms with Crippen LogP contribution in [-0.4, -0.2) is 24.5 Å². The zero-order valence-corrected chi connectivity index (χ0v) is 16.1. The SMILES string of the molecule is C[C@@H](CCc1ccccc1)NC(=O)COC(=O)Cc1cccc2ccccc12. The fraction of sp³-hybridized carbons (Fsp3) is 0.250. The molecule has 0 aromatic heterocycles. The summed E-state index contributed by atoms with van der Waals surface area (Å²) in [7, 11) is 0. The maximum atomic E-state index is 12.2. The van der Waals surface area contributed by atoms with Crippen molar-refractivity contribution in [3.63, 3.8) is 0 Å². The number of rotatable bonds is 8. The second-order valence-corrected chi connectivity index (χ2v) is 6.97. The molecule has 3 aromatic rings. The van der Waals surface area contributed by atoms with Gasteiger partial charge in [0.05, 0.1) is 6.42 Å². The first-order valence-corrected chi connectivity index (χ1v) is 9.57. The molecule has 1 atom stereocenters. The van der Waals surface area contributed by atoms with Gasteiger partial charge in [-0.2, -0.15) is 0 Å². The summed E-state index contributed by atoms with van der Waals surface area (Å²) in [6.45, 7) is 1.71. The van der Waals surface area contributed by atoms with Crippen molar-refractivity contribution >= 4 is 22.6 Å². The number of amides is 1. The Kier molecular flexibility index (Phi) is 6.79. The van der Waals surface area contributed by atoms with E-state index in [0.29, 0.717) is 0 Å². The van der Waals surface area contributed by atoms with Crippen molar-refractivity contribution in [1.82, 2.24) is 5.32 Å². The average Bonchev–Trinajstić information content (AvgIpc) is 2.72. The summed E-state index contributed by atoms with van der Waals surface area (Å²) in [6.07, 6.45) is 1.88. The number of carbonyl (C=O) groups is 2. The Morgan fingerprint density at radius 2 is 1.64 bits per heavy atom. The number of nitrogens with one attached hydrogen (secondary N) is 1. The zero-order valence-electron chi connectivity index (χ0n) is 16.1. The highest BCUT2D eigenvalue weighted by molar-refractivity contribution is 5.89. The summed E-state index contributed by atoms with van der Waals surface area (Å²) in [4.78, 5) is 24.2. The molecule has 0 aliphatic rings. The molecule has 0 fully saturated rings. The number of fused-ring (bicyclic) bond motifs is 1. The molecule has 0 radical (unpaired) electrons. The third-order valence-electron chi connectivity index (χ3n) is 4.70. The van der Waals surface area contributed by atoms with Gasteiger partial charge in [-0.15, -0.1) is 0 Å². The van der Waals surface area contributed by atoms with Crippen LogP contribution in [0, 0.1) is 0 Å². The minimum absolute atomic E-state index is 0.0180. The first-order valence-electron chi connectivity index (χ1n) is 9.57. The Balaban J connectivity index is 1.43. The molecule has 0 aliphatic heterocycles. The molecule has 0 bridgehead atoms. The molecule has 0 unspecified atom stereocenters. The minimum atomic E-state index is -0.400. The second-order valence-electron chi connectivity index (χ2n) is 6.97. The molecule has 0 saturated carbocycles. The first-order chi connectivity index (χ1) is 13.6. The van der Waals surface area contributed by atoms with Crippen LogP contribution in [0.4, 0.5) is 0 Å². The molecule has 3 rings (SSSR count). The molecule has 144 valence electrons. The fourth-order valence-electron chi connectivity index (χ4n) is 3.22. The summed E-state index contributed by atoms with van der Waals surface area (Å²) >= 11 is 0. The van der Waals surface area contributed by atoms with Gasteiger partial charge in [0.25, 0.3) is 5.91 Å². The molecular formula is C24H25NO3. The molecule has 4 heteroatoms. The van der Waals surface area contributed by atoms with Gasteiger partial charge in [-0.05, 0) is 41.7 Å². The van der Waals surface area contributed by atoms with Gasteiger partial charge in [-0.1, -0.05) is 72.8 Å². The lowest BCUT2D eigenvalue weighted by Crippen LogP contribution is -2.36. The number of hydrogen-bond donors (Lipinski definition) is 1. The highest BCUT2D eigenvalue weighted by atomic mass is 16.5. The molecule has 3 aromatic carbocycles. The smallest absolute Gasteiger partial charge is 0.310 e. The molecule has 0 saturated heterocycles.